The van der Waals surface area contributed by atoms with Gasteiger partial charge in [0.25, 0.3) is 5.56 Å². The number of anilines is 1. The largest absolute Gasteiger partial charge is 0.381 e. The number of fused-ring (bicyclic) bond motifs is 1. The first-order valence-corrected chi connectivity index (χ1v) is 13.1. The van der Waals surface area contributed by atoms with Crippen LogP contribution in [0.2, 0.25) is 0 Å². The predicted molar refractivity (Wildman–Crippen MR) is 138 cm³/mol. The van der Waals surface area contributed by atoms with Gasteiger partial charge in [0.2, 0.25) is 0 Å². The fourth-order valence-electron chi connectivity index (χ4n) is 5.66. The Balaban J connectivity index is 1.02. The van der Waals surface area contributed by atoms with Crippen LogP contribution in [-0.4, -0.2) is 76.9 Å². The van der Waals surface area contributed by atoms with Crippen LogP contribution in [0.4, 0.5) is 5.69 Å². The number of likely N-dealkylation sites (tertiary alicyclic amines) is 1. The van der Waals surface area contributed by atoms with Gasteiger partial charge in [0.15, 0.2) is 0 Å². The number of aliphatic hydroxyl groups excluding tert-OH is 1. The van der Waals surface area contributed by atoms with Crippen LogP contribution in [0.5, 0.6) is 0 Å². The lowest BCUT2D eigenvalue weighted by Gasteiger charge is -2.37. The zero-order valence-electron chi connectivity index (χ0n) is 20.5. The van der Waals surface area contributed by atoms with Gasteiger partial charge in [-0.05, 0) is 50.1 Å². The van der Waals surface area contributed by atoms with Crippen LogP contribution in [0.15, 0.2) is 47.4 Å². The van der Waals surface area contributed by atoms with Crippen molar-refractivity contribution in [3.63, 3.8) is 0 Å². The van der Waals surface area contributed by atoms with Gasteiger partial charge in [0.1, 0.15) is 12.1 Å². The number of piperidine rings is 1. The number of benzene rings is 1. The highest BCUT2D eigenvalue weighted by Gasteiger charge is 2.32. The molecule has 2 atom stereocenters. The molecule has 6 rings (SSSR count). The minimum Gasteiger partial charge on any atom is -0.381 e. The van der Waals surface area contributed by atoms with Gasteiger partial charge in [-0.2, -0.15) is 0 Å². The van der Waals surface area contributed by atoms with Crippen molar-refractivity contribution in [2.45, 2.75) is 37.5 Å². The number of H-pyrrole nitrogens is 1. The summed E-state index contributed by atoms with van der Waals surface area (Å²) in [6, 6.07) is 12.1. The molecular weight excluding hydrogens is 456 g/mol. The summed E-state index contributed by atoms with van der Waals surface area (Å²) in [5.74, 6) is 1.58. The topological polar surface area (TPSA) is 107 Å². The smallest absolute Gasteiger partial charge is 0.258 e. The van der Waals surface area contributed by atoms with E-state index in [0.717, 1.165) is 82.2 Å². The van der Waals surface area contributed by atoms with Gasteiger partial charge in [-0.25, -0.2) is 4.98 Å². The molecule has 0 bridgehead atoms. The van der Waals surface area contributed by atoms with Crippen LogP contribution in [0, 0.1) is 5.92 Å². The van der Waals surface area contributed by atoms with E-state index in [4.69, 9.17) is 9.72 Å². The van der Waals surface area contributed by atoms with E-state index >= 15 is 0 Å². The number of para-hydroxylation sites is 1. The van der Waals surface area contributed by atoms with E-state index in [1.807, 2.05) is 36.5 Å². The molecule has 190 valence electrons. The Hall–Kier alpha value is -2.85. The Morgan fingerprint density at radius 3 is 2.69 bits per heavy atom. The number of nitrogens with one attached hydrogen (secondary N) is 2. The van der Waals surface area contributed by atoms with E-state index in [2.05, 4.69) is 31.2 Å². The van der Waals surface area contributed by atoms with Crippen molar-refractivity contribution < 1.29 is 9.84 Å². The monoisotopic (exact) mass is 490 g/mol. The van der Waals surface area contributed by atoms with Gasteiger partial charge in [-0.15, -0.1) is 0 Å². The zero-order chi connectivity index (χ0) is 24.5. The maximum Gasteiger partial charge on any atom is 0.258 e. The lowest BCUT2D eigenvalue weighted by Crippen LogP contribution is -2.44. The number of ether oxygens (including phenoxy) is 1. The molecule has 3 aromatic rings. The molecule has 2 aromatic heterocycles. The minimum absolute atomic E-state index is 0.0433. The lowest BCUT2D eigenvalue weighted by atomic mass is 10.0. The summed E-state index contributed by atoms with van der Waals surface area (Å²) < 4.78 is 5.18. The number of aromatic nitrogens is 3. The van der Waals surface area contributed by atoms with E-state index in [1.165, 1.54) is 0 Å². The molecule has 0 spiro atoms. The second-order valence-corrected chi connectivity index (χ2v) is 10.3. The van der Waals surface area contributed by atoms with Crippen molar-refractivity contribution in [3.05, 3.63) is 64.5 Å². The molecule has 9 heteroatoms. The molecule has 3 fully saturated rings. The van der Waals surface area contributed by atoms with Crippen LogP contribution in [-0.2, 0) is 4.74 Å². The second-order valence-electron chi connectivity index (χ2n) is 10.3. The van der Waals surface area contributed by atoms with E-state index in [0.29, 0.717) is 23.0 Å². The van der Waals surface area contributed by atoms with Crippen LogP contribution >= 0.6 is 0 Å². The summed E-state index contributed by atoms with van der Waals surface area (Å²) in [6.07, 6.45) is 4.35. The maximum atomic E-state index is 12.5. The van der Waals surface area contributed by atoms with Crippen LogP contribution in [0.3, 0.4) is 0 Å². The molecule has 1 aromatic carbocycles. The van der Waals surface area contributed by atoms with Crippen molar-refractivity contribution in [2.75, 3.05) is 50.8 Å². The Morgan fingerprint density at radius 1 is 1.11 bits per heavy atom. The molecule has 5 heterocycles. The molecule has 0 saturated carbocycles. The normalized spacial score (nSPS) is 22.7. The third-order valence-corrected chi connectivity index (χ3v) is 7.94. The summed E-state index contributed by atoms with van der Waals surface area (Å²) in [4.78, 5) is 29.8. The van der Waals surface area contributed by atoms with E-state index < -0.39 is 6.23 Å². The molecule has 3 aliphatic rings. The van der Waals surface area contributed by atoms with Crippen LogP contribution < -0.4 is 15.8 Å². The van der Waals surface area contributed by atoms with E-state index in [1.54, 1.807) is 0 Å². The van der Waals surface area contributed by atoms with E-state index in [9.17, 15) is 9.90 Å². The van der Waals surface area contributed by atoms with Crippen molar-refractivity contribution in [1.29, 1.82) is 0 Å². The Kier molecular flexibility index (Phi) is 6.71. The molecule has 9 nitrogen and oxygen atoms in total. The quantitative estimate of drug-likeness (QED) is 0.432. The van der Waals surface area contributed by atoms with Gasteiger partial charge >= 0.3 is 0 Å². The molecule has 0 amide bonds. The third-order valence-electron chi connectivity index (χ3n) is 7.94. The summed E-state index contributed by atoms with van der Waals surface area (Å²) in [5.41, 5.74) is 2.49. The highest BCUT2D eigenvalue weighted by molar-refractivity contribution is 5.77. The molecule has 3 N–H and O–H groups in total. The molecule has 3 aliphatic heterocycles. The summed E-state index contributed by atoms with van der Waals surface area (Å²) in [7, 11) is 0. The predicted octanol–water partition coefficient (Wildman–Crippen LogP) is 2.00. The molecule has 0 aliphatic carbocycles. The fraction of sp³-hybridized carbons (Fsp3) is 0.519. The maximum absolute atomic E-state index is 12.5. The van der Waals surface area contributed by atoms with E-state index in [-0.39, 0.29) is 11.5 Å². The molecule has 36 heavy (non-hydrogen) atoms. The Labute approximate surface area is 210 Å². The number of pyridine rings is 1. The molecule has 3 saturated heterocycles. The zero-order valence-corrected chi connectivity index (χ0v) is 20.5. The van der Waals surface area contributed by atoms with Crippen LogP contribution in [0.25, 0.3) is 10.9 Å². The first-order chi connectivity index (χ1) is 17.6. The summed E-state index contributed by atoms with van der Waals surface area (Å²) in [5, 5.41) is 14.1. The Morgan fingerprint density at radius 2 is 1.94 bits per heavy atom. The number of nitrogens with zero attached hydrogens (tertiary/aromatic N) is 4. The standard InChI is InChI=1S/C27H34N6O3/c34-26-22-3-1-2-4-23(22)30-25(31-26)19-7-10-33(15-19)20-8-11-32(12-9-20)21-5-6-24(28-14-21)27(35)29-13-18-16-36-17-18/h1-6,14,18-20,27,29,35H,7-13,15-17H2,(H,30,31,34). The van der Waals surface area contributed by atoms with Gasteiger partial charge in [-0.3, -0.25) is 20.0 Å². The van der Waals surface area contributed by atoms with Crippen LogP contribution in [0.1, 0.15) is 42.9 Å². The highest BCUT2D eigenvalue weighted by atomic mass is 16.5. The van der Waals surface area contributed by atoms with Gasteiger partial charge in [0.05, 0.1) is 41.7 Å². The minimum atomic E-state index is -0.750. The Bertz CT molecular complexity index is 1240. The molecular formula is C27H34N6O3. The van der Waals surface area contributed by atoms with Crippen molar-refractivity contribution in [2.24, 2.45) is 5.92 Å². The first-order valence-electron chi connectivity index (χ1n) is 13.1. The average molecular weight is 491 g/mol. The molecule has 2 unspecified atom stereocenters. The van der Waals surface area contributed by atoms with Crippen molar-refractivity contribution >= 4 is 16.6 Å². The van der Waals surface area contributed by atoms with Crippen molar-refractivity contribution in [3.8, 4) is 0 Å². The number of hydrogen-bond acceptors (Lipinski definition) is 8. The summed E-state index contributed by atoms with van der Waals surface area (Å²) >= 11 is 0. The SMILES string of the molecule is O=c1[nH]c(C2CCN(C3CCN(c4ccc(C(O)NCC5COC5)nc4)CC3)C2)nc2ccccc12. The lowest BCUT2D eigenvalue weighted by molar-refractivity contribution is -0.0370. The highest BCUT2D eigenvalue weighted by Crippen LogP contribution is 2.30. The van der Waals surface area contributed by atoms with Gasteiger partial charge < -0.3 is 19.7 Å². The number of aromatic amines is 1. The van der Waals surface area contributed by atoms with Gasteiger partial charge in [-0.1, -0.05) is 12.1 Å². The number of aliphatic hydroxyl groups is 1. The summed E-state index contributed by atoms with van der Waals surface area (Å²) in [6.45, 7) is 6.23. The van der Waals surface area contributed by atoms with Crippen molar-refractivity contribution in [1.82, 2.24) is 25.2 Å². The fourth-order valence-corrected chi connectivity index (χ4v) is 5.66. The first kappa shape index (κ1) is 23.5. The van der Waals surface area contributed by atoms with Gasteiger partial charge in [0, 0.05) is 44.1 Å². The second kappa shape index (κ2) is 10.3. The average Bonchev–Trinajstić information content (AvgIpc) is 3.38. The third kappa shape index (κ3) is 4.88. The number of rotatable bonds is 7. The number of hydrogen-bond donors (Lipinski definition) is 3. The molecule has 0 radical (unpaired) electrons.